The fraction of sp³-hybridized carbons (Fsp3) is 0.571. The van der Waals surface area contributed by atoms with Gasteiger partial charge in [0, 0.05) is 10.2 Å². The van der Waals surface area contributed by atoms with Gasteiger partial charge in [-0.15, -0.1) is 0 Å². The minimum absolute atomic E-state index is 0.252. The maximum Gasteiger partial charge on any atom is 0.156 e. The van der Waals surface area contributed by atoms with Crippen LogP contribution in [0.2, 0.25) is 10.0 Å². The minimum Gasteiger partial charge on any atom is -0.487 e. The van der Waals surface area contributed by atoms with Crippen LogP contribution in [0.4, 0.5) is 0 Å². The molecule has 0 saturated heterocycles. The van der Waals surface area contributed by atoms with Gasteiger partial charge in [0.1, 0.15) is 6.10 Å². The van der Waals surface area contributed by atoms with E-state index in [0.29, 0.717) is 26.0 Å². The summed E-state index contributed by atoms with van der Waals surface area (Å²) in [5.74, 6) is 0.650. The van der Waals surface area contributed by atoms with Gasteiger partial charge in [0.2, 0.25) is 0 Å². The van der Waals surface area contributed by atoms with Crippen LogP contribution in [-0.2, 0) is 0 Å². The van der Waals surface area contributed by atoms with E-state index in [9.17, 15) is 0 Å². The number of benzene rings is 1. The van der Waals surface area contributed by atoms with E-state index in [1.54, 1.807) is 0 Å². The highest BCUT2D eigenvalue weighted by atomic mass is 79.9. The van der Waals surface area contributed by atoms with Gasteiger partial charge in [0.25, 0.3) is 0 Å². The molecule has 2 aliphatic rings. The van der Waals surface area contributed by atoms with Crippen molar-refractivity contribution >= 4 is 39.1 Å². The fourth-order valence-electron chi connectivity index (χ4n) is 3.27. The molecule has 4 heteroatoms. The van der Waals surface area contributed by atoms with E-state index in [1.807, 2.05) is 18.2 Å². The lowest BCUT2D eigenvalue weighted by Crippen LogP contribution is -2.55. The predicted molar refractivity (Wildman–Crippen MR) is 79.1 cm³/mol. The lowest BCUT2D eigenvalue weighted by atomic mass is 9.64. The quantitative estimate of drug-likeness (QED) is 0.643. The first kappa shape index (κ1) is 13.1. The Morgan fingerprint density at radius 2 is 1.78 bits per heavy atom. The van der Waals surface area contributed by atoms with Gasteiger partial charge in [0.05, 0.1) is 10.0 Å². The Morgan fingerprint density at radius 1 is 1.17 bits per heavy atom. The third kappa shape index (κ3) is 1.97. The van der Waals surface area contributed by atoms with Crippen molar-refractivity contribution in [2.45, 2.75) is 43.0 Å². The van der Waals surface area contributed by atoms with Crippen molar-refractivity contribution in [3.63, 3.8) is 0 Å². The number of alkyl halides is 1. The van der Waals surface area contributed by atoms with E-state index in [1.165, 1.54) is 25.7 Å². The molecule has 98 valence electrons. The van der Waals surface area contributed by atoms with E-state index in [4.69, 9.17) is 27.9 Å². The van der Waals surface area contributed by atoms with Crippen molar-refractivity contribution in [3.05, 3.63) is 28.2 Å². The monoisotopic (exact) mass is 348 g/mol. The van der Waals surface area contributed by atoms with Crippen LogP contribution in [0.3, 0.4) is 0 Å². The molecule has 0 aliphatic heterocycles. The predicted octanol–water partition coefficient (Wildman–Crippen LogP) is 5.47. The molecule has 0 heterocycles. The average Bonchev–Trinajstić information content (AvgIpc) is 2.84. The SMILES string of the molecule is Clc1cccc(Cl)c1OC1CC(Br)C12CCCC2. The molecular formula is C14H15BrCl2O. The molecule has 0 radical (unpaired) electrons. The molecule has 2 aliphatic carbocycles. The largest absolute Gasteiger partial charge is 0.487 e. The molecule has 3 rings (SSSR count). The van der Waals surface area contributed by atoms with Gasteiger partial charge in [-0.05, 0) is 31.4 Å². The van der Waals surface area contributed by atoms with E-state index >= 15 is 0 Å². The van der Waals surface area contributed by atoms with Gasteiger partial charge >= 0.3 is 0 Å². The molecule has 0 amide bonds. The molecule has 2 fully saturated rings. The van der Waals surface area contributed by atoms with Crippen molar-refractivity contribution < 1.29 is 4.74 Å². The van der Waals surface area contributed by atoms with Crippen molar-refractivity contribution in [2.24, 2.45) is 5.41 Å². The summed E-state index contributed by atoms with van der Waals surface area (Å²) in [6.07, 6.45) is 6.39. The van der Waals surface area contributed by atoms with Crippen LogP contribution < -0.4 is 4.74 Å². The van der Waals surface area contributed by atoms with E-state index < -0.39 is 0 Å². The number of ether oxygens (including phenoxy) is 1. The highest BCUT2D eigenvalue weighted by Gasteiger charge is 2.56. The summed E-state index contributed by atoms with van der Waals surface area (Å²) in [6.45, 7) is 0. The second-order valence-electron chi connectivity index (χ2n) is 5.30. The van der Waals surface area contributed by atoms with Gasteiger partial charge in [-0.25, -0.2) is 0 Å². The molecule has 2 saturated carbocycles. The van der Waals surface area contributed by atoms with Gasteiger partial charge in [-0.1, -0.05) is 58.0 Å². The second-order valence-corrected chi connectivity index (χ2v) is 7.22. The molecule has 1 spiro atoms. The first-order valence-corrected chi connectivity index (χ1v) is 8.05. The minimum atomic E-state index is 0.252. The Labute approximate surface area is 126 Å². The molecule has 1 aromatic rings. The lowest BCUT2D eigenvalue weighted by Gasteiger charge is -2.51. The third-order valence-electron chi connectivity index (χ3n) is 4.40. The zero-order valence-corrected chi connectivity index (χ0v) is 13.1. The van der Waals surface area contributed by atoms with Gasteiger partial charge in [-0.2, -0.15) is 0 Å². The smallest absolute Gasteiger partial charge is 0.156 e. The van der Waals surface area contributed by atoms with Crippen LogP contribution in [0.25, 0.3) is 0 Å². The summed E-state index contributed by atoms with van der Waals surface area (Å²) >= 11 is 16.1. The van der Waals surface area contributed by atoms with Crippen molar-refractivity contribution in [2.75, 3.05) is 0 Å². The third-order valence-corrected chi connectivity index (χ3v) is 6.28. The first-order valence-electron chi connectivity index (χ1n) is 6.38. The van der Waals surface area contributed by atoms with Gasteiger partial charge < -0.3 is 4.74 Å². The normalized spacial score (nSPS) is 29.3. The zero-order valence-electron chi connectivity index (χ0n) is 9.96. The topological polar surface area (TPSA) is 9.23 Å². The number of hydrogen-bond donors (Lipinski definition) is 0. The lowest BCUT2D eigenvalue weighted by molar-refractivity contribution is -0.0302. The number of rotatable bonds is 2. The van der Waals surface area contributed by atoms with Gasteiger partial charge in [0.15, 0.2) is 5.75 Å². The summed E-state index contributed by atoms with van der Waals surface area (Å²) in [4.78, 5) is 0.582. The fourth-order valence-corrected chi connectivity index (χ4v) is 4.85. The number of halogens is 3. The van der Waals surface area contributed by atoms with E-state index in [-0.39, 0.29) is 6.10 Å². The van der Waals surface area contributed by atoms with Gasteiger partial charge in [-0.3, -0.25) is 0 Å². The molecule has 18 heavy (non-hydrogen) atoms. The first-order chi connectivity index (χ1) is 8.63. The van der Waals surface area contributed by atoms with Crippen molar-refractivity contribution in [1.82, 2.24) is 0 Å². The van der Waals surface area contributed by atoms with Crippen LogP contribution in [0.15, 0.2) is 18.2 Å². The van der Waals surface area contributed by atoms with Crippen LogP contribution in [-0.4, -0.2) is 10.9 Å². The Morgan fingerprint density at radius 3 is 2.33 bits per heavy atom. The van der Waals surface area contributed by atoms with Crippen LogP contribution in [0.1, 0.15) is 32.1 Å². The molecule has 2 atom stereocenters. The number of hydrogen-bond acceptors (Lipinski definition) is 1. The molecule has 1 aromatic carbocycles. The molecule has 0 N–H and O–H groups in total. The van der Waals surface area contributed by atoms with E-state index in [0.717, 1.165) is 6.42 Å². The van der Waals surface area contributed by atoms with Crippen molar-refractivity contribution in [3.8, 4) is 5.75 Å². The average molecular weight is 350 g/mol. The summed E-state index contributed by atoms with van der Waals surface area (Å²) < 4.78 is 6.13. The highest BCUT2D eigenvalue weighted by molar-refractivity contribution is 9.09. The summed E-state index contributed by atoms with van der Waals surface area (Å²) in [5.41, 5.74) is 0.308. The highest BCUT2D eigenvalue weighted by Crippen LogP contribution is 2.58. The number of para-hydroxylation sites is 1. The Balaban J connectivity index is 1.81. The van der Waals surface area contributed by atoms with Crippen LogP contribution in [0, 0.1) is 5.41 Å². The maximum atomic E-state index is 6.17. The standard InChI is InChI=1S/C14H15BrCl2O/c15-11-8-12(14(11)6-1-2-7-14)18-13-9(16)4-3-5-10(13)17/h3-5,11-12H,1-2,6-8H2. The molecule has 1 nitrogen and oxygen atoms in total. The Hall–Kier alpha value is 0.0800. The molecule has 2 unspecified atom stereocenters. The summed E-state index contributed by atoms with van der Waals surface area (Å²) in [6, 6.07) is 5.50. The zero-order chi connectivity index (χ0) is 12.8. The molecule has 0 aromatic heterocycles. The summed E-state index contributed by atoms with van der Waals surface area (Å²) in [7, 11) is 0. The van der Waals surface area contributed by atoms with Crippen LogP contribution in [0.5, 0.6) is 5.75 Å². The van der Waals surface area contributed by atoms with Crippen molar-refractivity contribution in [1.29, 1.82) is 0 Å². The molecular weight excluding hydrogens is 335 g/mol. The Kier molecular flexibility index (Phi) is 3.55. The summed E-state index contributed by atoms with van der Waals surface area (Å²) in [5, 5.41) is 1.21. The second kappa shape index (κ2) is 4.88. The maximum absolute atomic E-state index is 6.17. The Bertz CT molecular complexity index is 437. The van der Waals surface area contributed by atoms with E-state index in [2.05, 4.69) is 15.9 Å². The van der Waals surface area contributed by atoms with Crippen LogP contribution >= 0.6 is 39.1 Å². The molecule has 0 bridgehead atoms.